The Morgan fingerprint density at radius 3 is 2.69 bits per heavy atom. The molecule has 0 amide bonds. The van der Waals surface area contributed by atoms with Gasteiger partial charge in [-0.1, -0.05) is 35.5 Å². The molecule has 0 unspecified atom stereocenters. The van der Waals surface area contributed by atoms with Crippen LogP contribution in [-0.4, -0.2) is 18.2 Å². The number of carbonyl (C=O) groups is 1. The highest BCUT2D eigenvalue weighted by Gasteiger charge is 2.16. The summed E-state index contributed by atoms with van der Waals surface area (Å²) in [7, 11) is 1.50. The second-order valence-electron chi connectivity index (χ2n) is 5.61. The van der Waals surface area contributed by atoms with Gasteiger partial charge in [0.2, 0.25) is 5.76 Å². The van der Waals surface area contributed by atoms with Crippen LogP contribution in [0, 0.1) is 0 Å². The largest absolute Gasteiger partial charge is 0.496 e. The quantitative estimate of drug-likeness (QED) is 0.495. The Hall–Kier alpha value is -3.54. The molecule has 130 valence electrons. The lowest BCUT2D eigenvalue weighted by Crippen LogP contribution is -2.07. The van der Waals surface area contributed by atoms with E-state index in [0.29, 0.717) is 28.5 Å². The highest BCUT2D eigenvalue weighted by molar-refractivity contribution is 5.92. The summed E-state index contributed by atoms with van der Waals surface area (Å²) in [5, 5.41) is 4.90. The molecule has 0 atom stereocenters. The Bertz CT molecular complexity index is 1030. The number of nitrogens with zero attached hydrogens (tertiary/aromatic N) is 1. The van der Waals surface area contributed by atoms with E-state index in [9.17, 15) is 4.79 Å². The first kappa shape index (κ1) is 16.0. The first-order chi connectivity index (χ1) is 12.7. The first-order valence-corrected chi connectivity index (χ1v) is 7.99. The molecule has 2 aromatic heterocycles. The lowest BCUT2D eigenvalue weighted by atomic mass is 10.2. The summed E-state index contributed by atoms with van der Waals surface area (Å²) in [5.74, 6) is 1.02. The molecule has 26 heavy (non-hydrogen) atoms. The number of aromatic nitrogens is 1. The van der Waals surface area contributed by atoms with Crippen LogP contribution in [0.15, 0.2) is 69.6 Å². The maximum atomic E-state index is 12.2. The number of furan rings is 1. The van der Waals surface area contributed by atoms with Crippen molar-refractivity contribution < 1.29 is 23.2 Å². The zero-order chi connectivity index (χ0) is 17.9. The van der Waals surface area contributed by atoms with E-state index < -0.39 is 5.97 Å². The summed E-state index contributed by atoms with van der Waals surface area (Å²) < 4.78 is 21.5. The number of rotatable bonds is 5. The minimum absolute atomic E-state index is 0.0133. The van der Waals surface area contributed by atoms with Gasteiger partial charge in [-0.2, -0.15) is 0 Å². The fraction of sp³-hybridized carbons (Fsp3) is 0.100. The zero-order valence-electron chi connectivity index (χ0n) is 14.0. The number of ether oxygens (including phenoxy) is 2. The molecule has 0 aliphatic heterocycles. The standard InChI is InChI=1S/C20H15NO5/c1-23-17-9-5-3-7-15(17)20(22)24-12-14-11-19(26-21-14)18-10-13-6-2-4-8-16(13)25-18/h2-11H,12H2,1H3. The summed E-state index contributed by atoms with van der Waals surface area (Å²) in [5.41, 5.74) is 1.61. The van der Waals surface area contributed by atoms with Gasteiger partial charge in [-0.25, -0.2) is 4.79 Å². The minimum atomic E-state index is -0.490. The second kappa shape index (κ2) is 6.76. The van der Waals surface area contributed by atoms with E-state index in [-0.39, 0.29) is 6.61 Å². The molecule has 4 rings (SSSR count). The average Bonchev–Trinajstić information content (AvgIpc) is 3.32. The lowest BCUT2D eigenvalue weighted by molar-refractivity contribution is 0.0460. The molecule has 0 aliphatic rings. The second-order valence-corrected chi connectivity index (χ2v) is 5.61. The number of hydrogen-bond donors (Lipinski definition) is 0. The van der Waals surface area contributed by atoms with E-state index in [0.717, 1.165) is 11.0 Å². The van der Waals surface area contributed by atoms with E-state index in [1.165, 1.54) is 7.11 Å². The molecule has 0 N–H and O–H groups in total. The van der Waals surface area contributed by atoms with Crippen molar-refractivity contribution in [2.45, 2.75) is 6.61 Å². The third kappa shape index (κ3) is 3.04. The van der Waals surface area contributed by atoms with Crippen molar-refractivity contribution >= 4 is 16.9 Å². The van der Waals surface area contributed by atoms with Crippen molar-refractivity contribution in [2.75, 3.05) is 7.11 Å². The molecule has 6 nitrogen and oxygen atoms in total. The number of hydrogen-bond acceptors (Lipinski definition) is 6. The fourth-order valence-electron chi connectivity index (χ4n) is 2.63. The van der Waals surface area contributed by atoms with Crippen molar-refractivity contribution in [1.29, 1.82) is 0 Å². The van der Waals surface area contributed by atoms with Crippen LogP contribution in [0.3, 0.4) is 0 Å². The third-order valence-electron chi connectivity index (χ3n) is 3.91. The van der Waals surface area contributed by atoms with Gasteiger partial charge in [-0.15, -0.1) is 0 Å². The van der Waals surface area contributed by atoms with Crippen LogP contribution in [0.1, 0.15) is 16.1 Å². The summed E-state index contributed by atoms with van der Waals surface area (Å²) in [4.78, 5) is 12.2. The molecule has 2 heterocycles. The van der Waals surface area contributed by atoms with Crippen LogP contribution in [0.4, 0.5) is 0 Å². The van der Waals surface area contributed by atoms with Crippen molar-refractivity contribution in [3.05, 3.63) is 71.9 Å². The number of carbonyl (C=O) groups excluding carboxylic acids is 1. The molecule has 2 aromatic carbocycles. The number of esters is 1. The third-order valence-corrected chi connectivity index (χ3v) is 3.91. The van der Waals surface area contributed by atoms with Gasteiger partial charge >= 0.3 is 5.97 Å². The summed E-state index contributed by atoms with van der Waals surface area (Å²) in [6.07, 6.45) is 0. The molecule has 0 aliphatic carbocycles. The van der Waals surface area contributed by atoms with E-state index in [1.807, 2.05) is 30.3 Å². The van der Waals surface area contributed by atoms with Crippen LogP contribution in [0.2, 0.25) is 0 Å². The molecule has 0 saturated carbocycles. The SMILES string of the molecule is COc1ccccc1C(=O)OCc1cc(-c2cc3ccccc3o2)on1. The molecule has 0 bridgehead atoms. The van der Waals surface area contributed by atoms with Gasteiger partial charge in [-0.05, 0) is 24.3 Å². The van der Waals surface area contributed by atoms with E-state index >= 15 is 0 Å². The maximum absolute atomic E-state index is 12.2. The van der Waals surface area contributed by atoms with Crippen LogP contribution in [0.5, 0.6) is 5.75 Å². The number of benzene rings is 2. The van der Waals surface area contributed by atoms with Crippen molar-refractivity contribution in [1.82, 2.24) is 5.16 Å². The van der Waals surface area contributed by atoms with Crippen LogP contribution >= 0.6 is 0 Å². The fourth-order valence-corrected chi connectivity index (χ4v) is 2.63. The molecule has 6 heteroatoms. The molecular formula is C20H15NO5. The Morgan fingerprint density at radius 2 is 1.85 bits per heavy atom. The number of fused-ring (bicyclic) bond motifs is 1. The normalized spacial score (nSPS) is 10.8. The highest BCUT2D eigenvalue weighted by Crippen LogP contribution is 2.28. The van der Waals surface area contributed by atoms with Crippen LogP contribution in [0.25, 0.3) is 22.5 Å². The maximum Gasteiger partial charge on any atom is 0.342 e. The zero-order valence-corrected chi connectivity index (χ0v) is 14.0. The van der Waals surface area contributed by atoms with Gasteiger partial charge in [0.1, 0.15) is 29.2 Å². The Kier molecular flexibility index (Phi) is 4.15. The molecule has 0 fully saturated rings. The van der Waals surface area contributed by atoms with Crippen LogP contribution in [-0.2, 0) is 11.3 Å². The van der Waals surface area contributed by atoms with Crippen LogP contribution < -0.4 is 4.74 Å². The number of para-hydroxylation sites is 2. The van der Waals surface area contributed by atoms with Gasteiger partial charge < -0.3 is 18.4 Å². The average molecular weight is 349 g/mol. The molecule has 4 aromatic rings. The monoisotopic (exact) mass is 349 g/mol. The smallest absolute Gasteiger partial charge is 0.342 e. The van der Waals surface area contributed by atoms with E-state index in [2.05, 4.69) is 5.16 Å². The summed E-state index contributed by atoms with van der Waals surface area (Å²) in [6, 6.07) is 18.1. The van der Waals surface area contributed by atoms with Gasteiger partial charge in [0, 0.05) is 11.5 Å². The molecule has 0 saturated heterocycles. The Labute approximate surface area is 148 Å². The van der Waals surface area contributed by atoms with E-state index in [4.69, 9.17) is 18.4 Å². The molecular weight excluding hydrogens is 334 g/mol. The Balaban J connectivity index is 1.47. The van der Waals surface area contributed by atoms with Crippen molar-refractivity contribution in [3.8, 4) is 17.3 Å². The van der Waals surface area contributed by atoms with Gasteiger partial charge in [-0.3, -0.25) is 0 Å². The minimum Gasteiger partial charge on any atom is -0.496 e. The van der Waals surface area contributed by atoms with Crippen molar-refractivity contribution in [3.63, 3.8) is 0 Å². The topological polar surface area (TPSA) is 74.7 Å². The van der Waals surface area contributed by atoms with Gasteiger partial charge in [0.05, 0.1) is 7.11 Å². The summed E-state index contributed by atoms with van der Waals surface area (Å²) >= 11 is 0. The predicted molar refractivity (Wildman–Crippen MR) is 93.8 cm³/mol. The molecule has 0 radical (unpaired) electrons. The van der Waals surface area contributed by atoms with Crippen molar-refractivity contribution in [2.24, 2.45) is 0 Å². The summed E-state index contributed by atoms with van der Waals surface area (Å²) in [6.45, 7) is -0.0133. The number of methoxy groups -OCH3 is 1. The highest BCUT2D eigenvalue weighted by atomic mass is 16.5. The Morgan fingerprint density at radius 1 is 1.04 bits per heavy atom. The van der Waals surface area contributed by atoms with Gasteiger partial charge in [0.15, 0.2) is 5.76 Å². The lowest BCUT2D eigenvalue weighted by Gasteiger charge is -2.07. The first-order valence-electron chi connectivity index (χ1n) is 7.99. The molecule has 0 spiro atoms. The predicted octanol–water partition coefficient (Wildman–Crippen LogP) is 4.45. The van der Waals surface area contributed by atoms with E-state index in [1.54, 1.807) is 30.3 Å². The van der Waals surface area contributed by atoms with Gasteiger partial charge in [0.25, 0.3) is 0 Å².